The molecule has 3 N–H and O–H groups in total. The summed E-state index contributed by atoms with van der Waals surface area (Å²) in [4.78, 5) is 0. The minimum absolute atomic E-state index is 0.119. The molecule has 2 heteroatoms. The van der Waals surface area contributed by atoms with E-state index in [9.17, 15) is 5.11 Å². The highest BCUT2D eigenvalue weighted by molar-refractivity contribution is 5.30. The topological polar surface area (TPSA) is 46.2 Å². The largest absolute Gasteiger partial charge is 0.391 e. The number of hydrogen-bond acceptors (Lipinski definition) is 2. The molecule has 0 aliphatic carbocycles. The lowest BCUT2D eigenvalue weighted by Gasteiger charge is -2.22. The molecule has 15 heavy (non-hydrogen) atoms. The van der Waals surface area contributed by atoms with Crippen molar-refractivity contribution in [1.82, 2.24) is 0 Å². The molecule has 0 saturated carbocycles. The molecule has 1 rings (SSSR count). The monoisotopic (exact) mass is 207 g/mol. The Morgan fingerprint density at radius 2 is 1.87 bits per heavy atom. The highest BCUT2D eigenvalue weighted by Crippen LogP contribution is 2.25. The summed E-state index contributed by atoms with van der Waals surface area (Å²) in [5.74, 6) is 0. The molecule has 1 aromatic rings. The van der Waals surface area contributed by atoms with Gasteiger partial charge in [-0.3, -0.25) is 0 Å². The Balaban J connectivity index is 3.03. The molecule has 84 valence electrons. The van der Waals surface area contributed by atoms with E-state index < -0.39 is 6.10 Å². The third-order valence-corrected chi connectivity index (χ3v) is 2.66. The smallest absolute Gasteiger partial charge is 0.0704 e. The molecule has 0 heterocycles. The van der Waals surface area contributed by atoms with Crippen LogP contribution in [0.25, 0.3) is 0 Å². The maximum Gasteiger partial charge on any atom is 0.0704 e. The summed E-state index contributed by atoms with van der Waals surface area (Å²) in [6.45, 7) is 8.22. The third kappa shape index (κ3) is 3.05. The summed E-state index contributed by atoms with van der Waals surface area (Å²) >= 11 is 0. The first kappa shape index (κ1) is 12.2. The SMILES string of the molecule is C[C@H](O)[C@H](N)c1cccc(C(C)(C)C)c1. The molecule has 0 bridgehead atoms. The van der Waals surface area contributed by atoms with E-state index in [-0.39, 0.29) is 11.5 Å². The Kier molecular flexibility index (Phi) is 3.53. The lowest BCUT2D eigenvalue weighted by Crippen LogP contribution is -2.23. The fourth-order valence-corrected chi connectivity index (χ4v) is 1.49. The Morgan fingerprint density at radius 3 is 2.33 bits per heavy atom. The zero-order valence-corrected chi connectivity index (χ0v) is 9.99. The minimum atomic E-state index is -0.514. The number of nitrogens with two attached hydrogens (primary N) is 1. The quantitative estimate of drug-likeness (QED) is 0.782. The molecule has 2 atom stereocenters. The highest BCUT2D eigenvalue weighted by atomic mass is 16.3. The van der Waals surface area contributed by atoms with Gasteiger partial charge in [-0.15, -0.1) is 0 Å². The van der Waals surface area contributed by atoms with Crippen molar-refractivity contribution in [3.8, 4) is 0 Å². The van der Waals surface area contributed by atoms with E-state index in [0.29, 0.717) is 0 Å². The summed E-state index contributed by atoms with van der Waals surface area (Å²) in [5.41, 5.74) is 8.26. The van der Waals surface area contributed by atoms with Gasteiger partial charge < -0.3 is 10.8 Å². The molecular formula is C13H21NO. The van der Waals surface area contributed by atoms with Crippen molar-refractivity contribution < 1.29 is 5.11 Å². The van der Waals surface area contributed by atoms with Crippen LogP contribution in [0.2, 0.25) is 0 Å². The summed E-state index contributed by atoms with van der Waals surface area (Å²) in [6, 6.07) is 7.84. The normalized spacial score (nSPS) is 16.1. The van der Waals surface area contributed by atoms with Crippen LogP contribution in [0.4, 0.5) is 0 Å². The van der Waals surface area contributed by atoms with Crippen LogP contribution in [-0.2, 0) is 5.41 Å². The van der Waals surface area contributed by atoms with Gasteiger partial charge in [-0.05, 0) is 23.5 Å². The van der Waals surface area contributed by atoms with Crippen molar-refractivity contribution in [2.45, 2.75) is 45.3 Å². The molecule has 0 aliphatic rings. The van der Waals surface area contributed by atoms with Crippen molar-refractivity contribution in [3.05, 3.63) is 35.4 Å². The van der Waals surface area contributed by atoms with Crippen molar-refractivity contribution in [3.63, 3.8) is 0 Å². The van der Waals surface area contributed by atoms with Gasteiger partial charge in [0, 0.05) is 0 Å². The predicted octanol–water partition coefficient (Wildman–Crippen LogP) is 2.36. The van der Waals surface area contributed by atoms with Crippen LogP contribution in [-0.4, -0.2) is 11.2 Å². The van der Waals surface area contributed by atoms with Crippen LogP contribution in [0.1, 0.15) is 44.9 Å². The van der Waals surface area contributed by atoms with Crippen LogP contribution in [0.5, 0.6) is 0 Å². The molecule has 0 unspecified atom stereocenters. The van der Waals surface area contributed by atoms with Gasteiger partial charge in [0.25, 0.3) is 0 Å². The maximum absolute atomic E-state index is 9.44. The van der Waals surface area contributed by atoms with E-state index in [1.165, 1.54) is 5.56 Å². The van der Waals surface area contributed by atoms with Crippen molar-refractivity contribution >= 4 is 0 Å². The van der Waals surface area contributed by atoms with Gasteiger partial charge in [0.2, 0.25) is 0 Å². The van der Waals surface area contributed by atoms with E-state index in [4.69, 9.17) is 5.73 Å². The first-order chi connectivity index (χ1) is 6.82. The second-order valence-corrected chi connectivity index (χ2v) is 5.14. The van der Waals surface area contributed by atoms with Crippen molar-refractivity contribution in [2.75, 3.05) is 0 Å². The van der Waals surface area contributed by atoms with Crippen LogP contribution in [0.15, 0.2) is 24.3 Å². The summed E-state index contributed by atoms with van der Waals surface area (Å²) in [5, 5.41) is 9.44. The van der Waals surface area contributed by atoms with Crippen molar-refractivity contribution in [1.29, 1.82) is 0 Å². The van der Waals surface area contributed by atoms with Crippen molar-refractivity contribution in [2.24, 2.45) is 5.73 Å². The third-order valence-electron chi connectivity index (χ3n) is 2.66. The molecule has 1 aromatic carbocycles. The summed E-state index contributed by atoms with van der Waals surface area (Å²) in [7, 11) is 0. The molecular weight excluding hydrogens is 186 g/mol. The van der Waals surface area contributed by atoms with E-state index in [2.05, 4.69) is 32.9 Å². The highest BCUT2D eigenvalue weighted by Gasteiger charge is 2.17. The molecule has 0 aromatic heterocycles. The van der Waals surface area contributed by atoms with E-state index in [1.54, 1.807) is 6.92 Å². The summed E-state index contributed by atoms with van der Waals surface area (Å²) < 4.78 is 0. The van der Waals surface area contributed by atoms with E-state index in [1.807, 2.05) is 12.1 Å². The molecule has 0 saturated heterocycles. The molecule has 0 aliphatic heterocycles. The first-order valence-electron chi connectivity index (χ1n) is 5.36. The van der Waals surface area contributed by atoms with Gasteiger partial charge in [0.05, 0.1) is 12.1 Å². The van der Waals surface area contributed by atoms with E-state index in [0.717, 1.165) is 5.56 Å². The average Bonchev–Trinajstić information content (AvgIpc) is 2.15. The number of benzene rings is 1. The van der Waals surface area contributed by atoms with Crippen LogP contribution < -0.4 is 5.73 Å². The fraction of sp³-hybridized carbons (Fsp3) is 0.538. The number of aliphatic hydroxyl groups is 1. The average molecular weight is 207 g/mol. The van der Waals surface area contributed by atoms with Crippen LogP contribution in [0, 0.1) is 0 Å². The lowest BCUT2D eigenvalue weighted by molar-refractivity contribution is 0.164. The number of hydrogen-bond donors (Lipinski definition) is 2. The van der Waals surface area contributed by atoms with Gasteiger partial charge in [-0.2, -0.15) is 0 Å². The lowest BCUT2D eigenvalue weighted by atomic mass is 9.85. The zero-order chi connectivity index (χ0) is 11.6. The molecule has 0 amide bonds. The molecule has 2 nitrogen and oxygen atoms in total. The van der Waals surface area contributed by atoms with Gasteiger partial charge >= 0.3 is 0 Å². The Labute approximate surface area is 92.1 Å². The molecule has 0 radical (unpaired) electrons. The predicted molar refractivity (Wildman–Crippen MR) is 63.8 cm³/mol. The van der Waals surface area contributed by atoms with Crippen LogP contribution in [0.3, 0.4) is 0 Å². The second-order valence-electron chi connectivity index (χ2n) is 5.14. The Morgan fingerprint density at radius 1 is 1.27 bits per heavy atom. The van der Waals surface area contributed by atoms with Gasteiger partial charge in [-0.1, -0.05) is 45.0 Å². The van der Waals surface area contributed by atoms with Crippen LogP contribution >= 0.6 is 0 Å². The Hall–Kier alpha value is -0.860. The van der Waals surface area contributed by atoms with E-state index >= 15 is 0 Å². The maximum atomic E-state index is 9.44. The fourth-order valence-electron chi connectivity index (χ4n) is 1.49. The number of rotatable bonds is 2. The zero-order valence-electron chi connectivity index (χ0n) is 9.99. The second kappa shape index (κ2) is 4.33. The number of aliphatic hydroxyl groups excluding tert-OH is 1. The first-order valence-corrected chi connectivity index (χ1v) is 5.36. The molecule has 0 fully saturated rings. The van der Waals surface area contributed by atoms with Gasteiger partial charge in [0.1, 0.15) is 0 Å². The van der Waals surface area contributed by atoms with Gasteiger partial charge in [0.15, 0.2) is 0 Å². The standard InChI is InChI=1S/C13H21NO/c1-9(15)12(14)10-6-5-7-11(8-10)13(2,3)4/h5-9,12,15H,14H2,1-4H3/t9-,12-/m0/s1. The summed E-state index contributed by atoms with van der Waals surface area (Å²) in [6.07, 6.45) is -0.514. The Bertz CT molecular complexity index is 326. The molecule has 0 spiro atoms. The van der Waals surface area contributed by atoms with Gasteiger partial charge in [-0.25, -0.2) is 0 Å². The minimum Gasteiger partial charge on any atom is -0.391 e.